The molecule has 1 saturated heterocycles. The first-order chi connectivity index (χ1) is 13.4. The van der Waals surface area contributed by atoms with Gasteiger partial charge in [0, 0.05) is 12.8 Å². The first-order valence-corrected chi connectivity index (χ1v) is 13.5. The molecule has 1 aromatic carbocycles. The lowest BCUT2D eigenvalue weighted by molar-refractivity contribution is -0.126. The number of hydrogen-bond donors (Lipinski definition) is 3. The largest absolute Gasteiger partial charge is 0.383 e. The van der Waals surface area contributed by atoms with Gasteiger partial charge in [-0.05, 0) is 18.4 Å². The van der Waals surface area contributed by atoms with Crippen molar-refractivity contribution in [2.24, 2.45) is 0 Å². The van der Waals surface area contributed by atoms with E-state index in [0.717, 1.165) is 12.0 Å². The van der Waals surface area contributed by atoms with Gasteiger partial charge in [-0.1, -0.05) is 69.2 Å². The molecule has 0 bridgehead atoms. The Hall–Kier alpha value is -1.48. The zero-order valence-electron chi connectivity index (χ0n) is 19.2. The Balaban J connectivity index is 0.000000433. The maximum Gasteiger partial charge on any atom is 0.261 e. The summed E-state index contributed by atoms with van der Waals surface area (Å²) in [5, 5.41) is 19.0. The molecule has 0 saturated carbocycles. The Kier molecular flexibility index (Phi) is 13.0. The summed E-state index contributed by atoms with van der Waals surface area (Å²) >= 11 is -0.359. The summed E-state index contributed by atoms with van der Waals surface area (Å²) in [5.41, 5.74) is 1.31. The zero-order valence-corrected chi connectivity index (χ0v) is 20.4. The molecule has 1 aliphatic heterocycles. The van der Waals surface area contributed by atoms with Crippen LogP contribution < -0.4 is 5.32 Å². The van der Waals surface area contributed by atoms with Crippen LogP contribution in [0.25, 0.3) is 0 Å². The fraction of sp³-hybridized carbons (Fsp3) is 0.609. The van der Waals surface area contributed by atoms with Crippen LogP contribution in [-0.4, -0.2) is 42.8 Å². The number of ketones is 1. The second-order valence-electron chi connectivity index (χ2n) is 8.75. The molecular formula is C23H39AlN2O3. The molecule has 1 fully saturated rings. The van der Waals surface area contributed by atoms with Gasteiger partial charge in [-0.15, -0.1) is 11.6 Å². The fourth-order valence-electron chi connectivity index (χ4n) is 2.14. The van der Waals surface area contributed by atoms with Crippen molar-refractivity contribution < 1.29 is 14.7 Å². The lowest BCUT2D eigenvalue weighted by Crippen LogP contribution is -2.23. The van der Waals surface area contributed by atoms with E-state index in [-0.39, 0.29) is 37.6 Å². The highest BCUT2D eigenvalue weighted by Gasteiger charge is 2.30. The number of rotatable bonds is 5. The van der Waals surface area contributed by atoms with Crippen LogP contribution in [0.4, 0.5) is 0 Å². The van der Waals surface area contributed by atoms with Crippen molar-refractivity contribution in [3.8, 4) is 0 Å². The molecule has 3 N–H and O–H groups in total. The monoisotopic (exact) mass is 418 g/mol. The SMILES string of the molecule is CCCC(=O)C(=N)CC.O=C1NC(c2ccccc2)CC1O.[CH3][Al]([CH3])[C](C)(C)C. The first-order valence-electron chi connectivity index (χ1n) is 10.6. The predicted octanol–water partition coefficient (Wildman–Crippen LogP) is 4.93. The van der Waals surface area contributed by atoms with Gasteiger partial charge in [0.15, 0.2) is 5.78 Å². The highest BCUT2D eigenvalue weighted by molar-refractivity contribution is 6.59. The molecule has 5 nitrogen and oxygen atoms in total. The van der Waals surface area contributed by atoms with Crippen LogP contribution in [0.15, 0.2) is 30.3 Å². The summed E-state index contributed by atoms with van der Waals surface area (Å²) < 4.78 is 0.639. The van der Waals surface area contributed by atoms with Crippen molar-refractivity contribution in [3.63, 3.8) is 0 Å². The molecule has 0 radical (unpaired) electrons. The summed E-state index contributed by atoms with van der Waals surface area (Å²) in [5.74, 6) is 4.51. The normalized spacial score (nSPS) is 17.9. The fourth-order valence-corrected chi connectivity index (χ4v) is 2.14. The van der Waals surface area contributed by atoms with Crippen LogP contribution in [0.5, 0.6) is 0 Å². The molecule has 6 heteroatoms. The van der Waals surface area contributed by atoms with Crippen molar-refractivity contribution in [1.82, 2.24) is 5.32 Å². The third kappa shape index (κ3) is 11.3. The van der Waals surface area contributed by atoms with Gasteiger partial charge in [-0.25, -0.2) is 0 Å². The average Bonchev–Trinajstić information content (AvgIpc) is 3.01. The van der Waals surface area contributed by atoms with Gasteiger partial charge in [0.25, 0.3) is 14.1 Å². The highest BCUT2D eigenvalue weighted by Crippen LogP contribution is 2.25. The summed E-state index contributed by atoms with van der Waals surface area (Å²) in [6, 6.07) is 9.64. The molecule has 0 aromatic heterocycles. The molecule has 29 heavy (non-hydrogen) atoms. The Morgan fingerprint density at radius 1 is 1.21 bits per heavy atom. The number of Topliss-reactive ketones (excluding diaryl/α,β-unsaturated/α-hetero) is 1. The second kappa shape index (κ2) is 13.7. The third-order valence-corrected chi connectivity index (χ3v) is 8.64. The topological polar surface area (TPSA) is 90.2 Å². The maximum atomic E-state index is 11.0. The maximum absolute atomic E-state index is 11.0. The molecular weight excluding hydrogens is 379 g/mol. The van der Waals surface area contributed by atoms with Crippen LogP contribution in [0, 0.1) is 5.41 Å². The minimum absolute atomic E-state index is 0.000000000000000444. The van der Waals surface area contributed by atoms with Crippen molar-refractivity contribution >= 4 is 31.6 Å². The Morgan fingerprint density at radius 3 is 2.07 bits per heavy atom. The molecule has 2 unspecified atom stereocenters. The van der Waals surface area contributed by atoms with E-state index in [9.17, 15) is 14.7 Å². The average molecular weight is 419 g/mol. The lowest BCUT2D eigenvalue weighted by Gasteiger charge is -2.18. The number of nitrogens with one attached hydrogen (secondary N) is 2. The quantitative estimate of drug-likeness (QED) is 0.467. The van der Waals surface area contributed by atoms with E-state index in [0.29, 0.717) is 23.5 Å². The Bertz CT molecular complexity index is 639. The Morgan fingerprint density at radius 2 is 1.72 bits per heavy atom. The number of aliphatic hydroxyl groups excluding tert-OH is 1. The van der Waals surface area contributed by atoms with Crippen molar-refractivity contribution in [2.45, 2.75) is 88.3 Å². The van der Waals surface area contributed by atoms with Gasteiger partial charge in [-0.2, -0.15) is 0 Å². The zero-order chi connectivity index (χ0) is 22.6. The van der Waals surface area contributed by atoms with E-state index in [1.165, 1.54) is 0 Å². The van der Waals surface area contributed by atoms with Crippen molar-refractivity contribution in [1.29, 1.82) is 5.41 Å². The summed E-state index contributed by atoms with van der Waals surface area (Å²) in [6.07, 6.45) is 1.58. The number of carbonyl (C=O) groups is 2. The number of carbonyl (C=O) groups excluding carboxylic acids is 2. The molecule has 162 valence electrons. The minimum Gasteiger partial charge on any atom is -0.383 e. The predicted molar refractivity (Wildman–Crippen MR) is 123 cm³/mol. The third-order valence-electron chi connectivity index (χ3n) is 5.18. The van der Waals surface area contributed by atoms with Crippen LogP contribution in [0.2, 0.25) is 15.8 Å². The van der Waals surface area contributed by atoms with E-state index in [2.05, 4.69) is 37.7 Å². The lowest BCUT2D eigenvalue weighted by atomic mass is 10.1. The van der Waals surface area contributed by atoms with Gasteiger partial charge in [-0.3, -0.25) is 9.59 Å². The summed E-state index contributed by atoms with van der Waals surface area (Å²) in [7, 11) is 0. The van der Waals surface area contributed by atoms with E-state index in [4.69, 9.17) is 5.41 Å². The van der Waals surface area contributed by atoms with E-state index in [1.807, 2.05) is 44.2 Å². The molecule has 0 spiro atoms. The molecule has 1 amide bonds. The molecule has 0 aliphatic carbocycles. The Labute approximate surface area is 181 Å². The standard InChI is InChI=1S/C10H11NO2.C7H13NO.C4H9.2CH3.Al/c12-9-6-8(11-10(9)13)7-4-2-1-3-5-7;1-3-5-7(9)6(8)4-2;1-4(2)3;;;/h1-5,8-9,12H,6H2,(H,11,13);8H,3-5H2,1-2H3;1-3H3;2*1H3;. The smallest absolute Gasteiger partial charge is 0.261 e. The summed E-state index contributed by atoms with van der Waals surface area (Å²) in [4.78, 5) is 21.7. The van der Waals surface area contributed by atoms with Gasteiger partial charge >= 0.3 is 0 Å². The number of aliphatic hydroxyl groups is 1. The van der Waals surface area contributed by atoms with Crippen molar-refractivity contribution in [2.75, 3.05) is 0 Å². The number of hydrogen-bond acceptors (Lipinski definition) is 4. The minimum atomic E-state index is -0.842. The van der Waals surface area contributed by atoms with E-state index in [1.54, 1.807) is 0 Å². The molecule has 2 rings (SSSR count). The highest BCUT2D eigenvalue weighted by atomic mass is 27.2. The molecule has 2 atom stereocenters. The van der Waals surface area contributed by atoms with Gasteiger partial charge in [0.2, 0.25) is 5.91 Å². The van der Waals surface area contributed by atoms with E-state index >= 15 is 0 Å². The second-order valence-corrected chi connectivity index (χ2v) is 12.8. The van der Waals surface area contributed by atoms with Crippen LogP contribution in [0.1, 0.15) is 71.9 Å². The van der Waals surface area contributed by atoms with Crippen molar-refractivity contribution in [3.05, 3.63) is 35.9 Å². The van der Waals surface area contributed by atoms with E-state index < -0.39 is 6.10 Å². The molecule has 1 heterocycles. The first kappa shape index (κ1) is 27.5. The number of amides is 1. The van der Waals surface area contributed by atoms with Gasteiger partial charge < -0.3 is 15.8 Å². The molecule has 1 aromatic rings. The van der Waals surface area contributed by atoms with Crippen LogP contribution in [-0.2, 0) is 9.59 Å². The number of benzene rings is 1. The van der Waals surface area contributed by atoms with Gasteiger partial charge in [0.05, 0.1) is 11.8 Å². The van der Waals surface area contributed by atoms with Crippen LogP contribution in [0.3, 0.4) is 0 Å². The van der Waals surface area contributed by atoms with Gasteiger partial charge in [0.1, 0.15) is 6.10 Å². The van der Waals surface area contributed by atoms with Crippen LogP contribution >= 0.6 is 0 Å². The molecule has 1 aliphatic rings. The summed E-state index contributed by atoms with van der Waals surface area (Å²) in [6.45, 7) is 10.7.